The Bertz CT molecular complexity index is 564. The van der Waals surface area contributed by atoms with Crippen LogP contribution in [0, 0.1) is 6.92 Å². The molecule has 0 aliphatic heterocycles. The maximum atomic E-state index is 11.6. The number of ether oxygens (including phenoxy) is 1. The molecule has 0 spiro atoms. The van der Waals surface area contributed by atoms with Crippen molar-refractivity contribution in [1.29, 1.82) is 0 Å². The first-order valence-corrected chi connectivity index (χ1v) is 5.30. The Hall–Kier alpha value is -2.64. The standard InChI is InChI=1S/C11H13N3O5/c1-3-4-19-11(18)14-10-12-6(2)7(5-8(15)16)9(17)13-10/h3H,1,4-5H2,2H3,(H,15,16)(H2,12,13,14,17,18). The highest BCUT2D eigenvalue weighted by atomic mass is 16.5. The van der Waals surface area contributed by atoms with Crippen LogP contribution in [0.25, 0.3) is 0 Å². The molecule has 8 heteroatoms. The molecule has 0 aliphatic carbocycles. The van der Waals surface area contributed by atoms with Gasteiger partial charge in [0, 0.05) is 5.56 Å². The molecule has 0 aromatic carbocycles. The van der Waals surface area contributed by atoms with Gasteiger partial charge in [-0.3, -0.25) is 19.9 Å². The molecular formula is C11H13N3O5. The number of hydrogen-bond acceptors (Lipinski definition) is 5. The fraction of sp³-hybridized carbons (Fsp3) is 0.273. The number of aromatic amines is 1. The first-order valence-electron chi connectivity index (χ1n) is 5.30. The van der Waals surface area contributed by atoms with E-state index in [1.165, 1.54) is 13.0 Å². The van der Waals surface area contributed by atoms with Gasteiger partial charge < -0.3 is 9.84 Å². The number of aliphatic carboxylic acids is 1. The lowest BCUT2D eigenvalue weighted by Gasteiger charge is -2.07. The average molecular weight is 267 g/mol. The second-order valence-electron chi connectivity index (χ2n) is 3.56. The summed E-state index contributed by atoms with van der Waals surface area (Å²) >= 11 is 0. The van der Waals surface area contributed by atoms with Gasteiger partial charge >= 0.3 is 12.1 Å². The monoisotopic (exact) mass is 267 g/mol. The maximum Gasteiger partial charge on any atom is 0.414 e. The highest BCUT2D eigenvalue weighted by Crippen LogP contribution is 2.04. The first-order chi connectivity index (χ1) is 8.93. The van der Waals surface area contributed by atoms with Crippen LogP contribution in [0.2, 0.25) is 0 Å². The van der Waals surface area contributed by atoms with E-state index in [4.69, 9.17) is 5.11 Å². The van der Waals surface area contributed by atoms with E-state index in [2.05, 4.69) is 26.6 Å². The summed E-state index contributed by atoms with van der Waals surface area (Å²) in [5.41, 5.74) is -0.350. The van der Waals surface area contributed by atoms with Gasteiger partial charge in [-0.05, 0) is 6.92 Å². The van der Waals surface area contributed by atoms with Crippen LogP contribution in [0.3, 0.4) is 0 Å². The fourth-order valence-corrected chi connectivity index (χ4v) is 1.30. The van der Waals surface area contributed by atoms with Crippen LogP contribution >= 0.6 is 0 Å². The number of H-pyrrole nitrogens is 1. The van der Waals surface area contributed by atoms with Crippen LogP contribution in [-0.2, 0) is 16.0 Å². The number of carboxylic acids is 1. The molecular weight excluding hydrogens is 254 g/mol. The van der Waals surface area contributed by atoms with Crippen molar-refractivity contribution in [1.82, 2.24) is 9.97 Å². The van der Waals surface area contributed by atoms with Crippen molar-refractivity contribution < 1.29 is 19.4 Å². The number of anilines is 1. The number of carbonyl (C=O) groups is 2. The molecule has 3 N–H and O–H groups in total. The molecule has 1 amide bonds. The third-order valence-corrected chi connectivity index (χ3v) is 2.10. The molecule has 0 unspecified atom stereocenters. The minimum Gasteiger partial charge on any atom is -0.481 e. The number of hydrogen-bond donors (Lipinski definition) is 3. The first kappa shape index (κ1) is 14.4. The fourth-order valence-electron chi connectivity index (χ4n) is 1.30. The lowest BCUT2D eigenvalue weighted by Crippen LogP contribution is -2.24. The molecule has 0 bridgehead atoms. The number of amides is 1. The molecule has 0 saturated heterocycles. The Morgan fingerprint density at radius 3 is 2.79 bits per heavy atom. The van der Waals surface area contributed by atoms with E-state index in [0.29, 0.717) is 0 Å². The molecule has 1 aromatic heterocycles. The Balaban J connectivity index is 2.89. The normalized spacial score (nSPS) is 9.74. The van der Waals surface area contributed by atoms with Crippen LogP contribution in [0.1, 0.15) is 11.3 Å². The second-order valence-corrected chi connectivity index (χ2v) is 3.56. The minimum absolute atomic E-state index is 0.0200. The number of aromatic nitrogens is 2. The molecule has 0 saturated carbocycles. The topological polar surface area (TPSA) is 121 Å². The second kappa shape index (κ2) is 6.34. The summed E-state index contributed by atoms with van der Waals surface area (Å²) in [6, 6.07) is 0. The predicted molar refractivity (Wildman–Crippen MR) is 66.1 cm³/mol. The number of carboxylic acid groups (broad SMARTS) is 1. The number of aryl methyl sites for hydroxylation is 1. The Morgan fingerprint density at radius 1 is 1.58 bits per heavy atom. The molecule has 19 heavy (non-hydrogen) atoms. The molecule has 0 aliphatic rings. The maximum absolute atomic E-state index is 11.6. The predicted octanol–water partition coefficient (Wildman–Crippen LogP) is 0.440. The van der Waals surface area contributed by atoms with Crippen molar-refractivity contribution in [3.8, 4) is 0 Å². The van der Waals surface area contributed by atoms with Gasteiger partial charge in [0.05, 0.1) is 12.1 Å². The number of carbonyl (C=O) groups excluding carboxylic acids is 1. The average Bonchev–Trinajstić information content (AvgIpc) is 2.31. The zero-order valence-corrected chi connectivity index (χ0v) is 10.2. The minimum atomic E-state index is -1.14. The highest BCUT2D eigenvalue weighted by Gasteiger charge is 2.13. The molecule has 1 aromatic rings. The molecule has 1 heterocycles. The molecule has 0 fully saturated rings. The van der Waals surface area contributed by atoms with E-state index in [9.17, 15) is 14.4 Å². The van der Waals surface area contributed by atoms with Gasteiger partial charge in [0.2, 0.25) is 5.95 Å². The van der Waals surface area contributed by atoms with Gasteiger partial charge in [-0.25, -0.2) is 9.78 Å². The highest BCUT2D eigenvalue weighted by molar-refractivity contribution is 5.82. The molecule has 0 atom stereocenters. The summed E-state index contributed by atoms with van der Waals surface area (Å²) in [6.07, 6.45) is 0.153. The third kappa shape index (κ3) is 4.26. The smallest absolute Gasteiger partial charge is 0.414 e. The summed E-state index contributed by atoms with van der Waals surface area (Å²) in [5, 5.41) is 10.9. The quantitative estimate of drug-likeness (QED) is 0.665. The van der Waals surface area contributed by atoms with Gasteiger partial charge in [0.1, 0.15) is 6.61 Å². The van der Waals surface area contributed by atoms with Crippen molar-refractivity contribution in [2.45, 2.75) is 13.3 Å². The summed E-state index contributed by atoms with van der Waals surface area (Å²) in [7, 11) is 0. The Morgan fingerprint density at radius 2 is 2.26 bits per heavy atom. The van der Waals surface area contributed by atoms with E-state index in [-0.39, 0.29) is 23.8 Å². The van der Waals surface area contributed by atoms with Crippen LogP contribution < -0.4 is 10.9 Å². The molecule has 1 rings (SSSR count). The van der Waals surface area contributed by atoms with E-state index in [1.807, 2.05) is 0 Å². The SMILES string of the molecule is C=CCOC(=O)Nc1nc(C)c(CC(=O)O)c(=O)[nH]1. The number of nitrogens with one attached hydrogen (secondary N) is 2. The van der Waals surface area contributed by atoms with Crippen LogP contribution in [0.4, 0.5) is 10.7 Å². The summed E-state index contributed by atoms with van der Waals surface area (Å²) in [5.74, 6) is -1.24. The lowest BCUT2D eigenvalue weighted by molar-refractivity contribution is -0.136. The van der Waals surface area contributed by atoms with Gasteiger partial charge in [0.15, 0.2) is 0 Å². The van der Waals surface area contributed by atoms with E-state index in [0.717, 1.165) is 0 Å². The van der Waals surface area contributed by atoms with Crippen molar-refractivity contribution in [3.05, 3.63) is 34.3 Å². The summed E-state index contributed by atoms with van der Waals surface area (Å²) in [4.78, 5) is 39.6. The van der Waals surface area contributed by atoms with Crippen molar-refractivity contribution in [2.75, 3.05) is 11.9 Å². The van der Waals surface area contributed by atoms with Crippen molar-refractivity contribution in [3.63, 3.8) is 0 Å². The van der Waals surface area contributed by atoms with Crippen molar-refractivity contribution in [2.24, 2.45) is 0 Å². The van der Waals surface area contributed by atoms with E-state index >= 15 is 0 Å². The molecule has 102 valence electrons. The van der Waals surface area contributed by atoms with Crippen molar-refractivity contribution >= 4 is 18.0 Å². The van der Waals surface area contributed by atoms with Gasteiger partial charge in [-0.2, -0.15) is 0 Å². The van der Waals surface area contributed by atoms with Gasteiger partial charge in [-0.1, -0.05) is 12.7 Å². The Kier molecular flexibility index (Phi) is 4.81. The summed E-state index contributed by atoms with van der Waals surface area (Å²) in [6.45, 7) is 4.87. The number of rotatable bonds is 5. The molecule has 0 radical (unpaired) electrons. The Labute approximate surface area is 108 Å². The summed E-state index contributed by atoms with van der Waals surface area (Å²) < 4.78 is 4.65. The molecule has 8 nitrogen and oxygen atoms in total. The zero-order chi connectivity index (χ0) is 14.4. The van der Waals surface area contributed by atoms with Gasteiger partial charge in [-0.15, -0.1) is 0 Å². The zero-order valence-electron chi connectivity index (χ0n) is 10.2. The van der Waals surface area contributed by atoms with Gasteiger partial charge in [0.25, 0.3) is 5.56 Å². The van der Waals surface area contributed by atoms with Crippen LogP contribution in [0.15, 0.2) is 17.4 Å². The van der Waals surface area contributed by atoms with E-state index in [1.54, 1.807) is 0 Å². The lowest BCUT2D eigenvalue weighted by atomic mass is 10.2. The number of nitrogens with zero attached hydrogens (tertiary/aromatic N) is 1. The third-order valence-electron chi connectivity index (χ3n) is 2.10. The van der Waals surface area contributed by atoms with Crippen LogP contribution in [0.5, 0.6) is 0 Å². The largest absolute Gasteiger partial charge is 0.481 e. The van der Waals surface area contributed by atoms with E-state index < -0.39 is 24.0 Å². The van der Waals surface area contributed by atoms with Crippen LogP contribution in [-0.4, -0.2) is 33.7 Å².